The average Bonchev–Trinajstić information content (AvgIpc) is 3.30. The molecule has 1 aliphatic heterocycles. The van der Waals surface area contributed by atoms with Gasteiger partial charge in [0.15, 0.2) is 0 Å². The van der Waals surface area contributed by atoms with Crippen molar-refractivity contribution in [2.45, 2.75) is 13.1 Å². The largest absolute Gasteiger partial charge is 0.508 e. The molecule has 1 aliphatic rings. The molecule has 0 bridgehead atoms. The van der Waals surface area contributed by atoms with Gasteiger partial charge in [-0.1, -0.05) is 12.1 Å². The zero-order valence-corrected chi connectivity index (χ0v) is 14.7. The molecule has 140 valence electrons. The van der Waals surface area contributed by atoms with Crippen LogP contribution < -0.4 is 5.32 Å². The monoisotopic (exact) mass is 376 g/mol. The van der Waals surface area contributed by atoms with Gasteiger partial charge in [-0.25, -0.2) is 0 Å². The highest BCUT2D eigenvalue weighted by atomic mass is 16.3. The number of rotatable bonds is 5. The number of amides is 3. The SMILES string of the molecule is O=C(NCc1ccc(O)cc1)c1ccc2c(c1)C(=O)N(Cc1ccco1)C2=O. The maximum absolute atomic E-state index is 12.6. The number of furan rings is 1. The molecule has 2 aromatic carbocycles. The van der Waals surface area contributed by atoms with E-state index in [1.54, 1.807) is 24.3 Å². The van der Waals surface area contributed by atoms with Gasteiger partial charge in [-0.3, -0.25) is 19.3 Å². The Bertz CT molecular complexity index is 1050. The number of carbonyl (C=O) groups excluding carboxylic acids is 3. The van der Waals surface area contributed by atoms with E-state index in [4.69, 9.17) is 4.42 Å². The first-order valence-corrected chi connectivity index (χ1v) is 8.61. The number of hydrogen-bond acceptors (Lipinski definition) is 5. The fourth-order valence-corrected chi connectivity index (χ4v) is 3.03. The van der Waals surface area contributed by atoms with Gasteiger partial charge in [-0.05, 0) is 48.0 Å². The van der Waals surface area contributed by atoms with E-state index in [-0.39, 0.29) is 35.9 Å². The molecular formula is C21H16N2O5. The predicted octanol–water partition coefficient (Wildman–Crippen LogP) is 2.71. The first-order valence-electron chi connectivity index (χ1n) is 8.61. The van der Waals surface area contributed by atoms with Crippen molar-refractivity contribution < 1.29 is 23.9 Å². The zero-order valence-electron chi connectivity index (χ0n) is 14.7. The van der Waals surface area contributed by atoms with E-state index in [0.717, 1.165) is 10.5 Å². The minimum Gasteiger partial charge on any atom is -0.508 e. The van der Waals surface area contributed by atoms with Crippen LogP contribution >= 0.6 is 0 Å². The van der Waals surface area contributed by atoms with Gasteiger partial charge >= 0.3 is 0 Å². The summed E-state index contributed by atoms with van der Waals surface area (Å²) in [6, 6.07) is 14.3. The predicted molar refractivity (Wildman–Crippen MR) is 98.6 cm³/mol. The van der Waals surface area contributed by atoms with Crippen LogP contribution in [0.1, 0.15) is 42.4 Å². The van der Waals surface area contributed by atoms with Crippen LogP contribution in [0.3, 0.4) is 0 Å². The molecular weight excluding hydrogens is 360 g/mol. The lowest BCUT2D eigenvalue weighted by Crippen LogP contribution is -2.28. The summed E-state index contributed by atoms with van der Waals surface area (Å²) >= 11 is 0. The summed E-state index contributed by atoms with van der Waals surface area (Å²) in [4.78, 5) is 38.6. The molecule has 7 heteroatoms. The zero-order chi connectivity index (χ0) is 19.7. The van der Waals surface area contributed by atoms with Gasteiger partial charge in [0.2, 0.25) is 0 Å². The van der Waals surface area contributed by atoms with E-state index in [1.165, 1.54) is 36.6 Å². The maximum atomic E-state index is 12.6. The van der Waals surface area contributed by atoms with E-state index in [1.807, 2.05) is 0 Å². The van der Waals surface area contributed by atoms with Gasteiger partial charge in [0, 0.05) is 12.1 Å². The lowest BCUT2D eigenvalue weighted by Gasteiger charge is -2.11. The van der Waals surface area contributed by atoms with Gasteiger partial charge in [0.05, 0.1) is 23.9 Å². The minimum atomic E-state index is -0.454. The highest BCUT2D eigenvalue weighted by Gasteiger charge is 2.36. The molecule has 0 saturated heterocycles. The van der Waals surface area contributed by atoms with Crippen LogP contribution in [0.5, 0.6) is 5.75 Å². The molecule has 1 aromatic heterocycles. The number of carbonyl (C=O) groups is 3. The van der Waals surface area contributed by atoms with Gasteiger partial charge in [0.25, 0.3) is 17.7 Å². The second kappa shape index (κ2) is 7.03. The number of phenolic OH excluding ortho intramolecular Hbond substituents is 1. The van der Waals surface area contributed by atoms with Crippen molar-refractivity contribution in [3.05, 3.63) is 88.9 Å². The van der Waals surface area contributed by atoms with Gasteiger partial charge in [-0.2, -0.15) is 0 Å². The maximum Gasteiger partial charge on any atom is 0.261 e. The summed E-state index contributed by atoms with van der Waals surface area (Å²) in [5, 5.41) is 12.0. The van der Waals surface area contributed by atoms with Crippen LogP contribution in [0.2, 0.25) is 0 Å². The van der Waals surface area contributed by atoms with E-state index in [0.29, 0.717) is 11.3 Å². The molecule has 3 aromatic rings. The van der Waals surface area contributed by atoms with Crippen LogP contribution in [0.25, 0.3) is 0 Å². The summed E-state index contributed by atoms with van der Waals surface area (Å²) in [7, 11) is 0. The molecule has 0 fully saturated rings. The number of phenols is 1. The summed E-state index contributed by atoms with van der Waals surface area (Å²) in [5.41, 5.74) is 1.59. The normalized spacial score (nSPS) is 12.9. The Morgan fingerprint density at radius 2 is 1.75 bits per heavy atom. The van der Waals surface area contributed by atoms with Crippen LogP contribution in [-0.2, 0) is 13.1 Å². The molecule has 2 heterocycles. The minimum absolute atomic E-state index is 0.0434. The van der Waals surface area contributed by atoms with Crippen molar-refractivity contribution in [2.75, 3.05) is 0 Å². The molecule has 4 rings (SSSR count). The molecule has 0 aliphatic carbocycles. The number of benzene rings is 2. The molecule has 0 radical (unpaired) electrons. The first kappa shape index (κ1) is 17.5. The summed E-state index contributed by atoms with van der Waals surface area (Å²) in [6.45, 7) is 0.315. The van der Waals surface area contributed by atoms with Crippen molar-refractivity contribution in [1.82, 2.24) is 10.2 Å². The Morgan fingerprint density at radius 3 is 2.46 bits per heavy atom. The highest BCUT2D eigenvalue weighted by Crippen LogP contribution is 2.26. The summed E-state index contributed by atoms with van der Waals surface area (Å²) in [6.07, 6.45) is 1.48. The number of aromatic hydroxyl groups is 1. The van der Waals surface area contributed by atoms with E-state index in [9.17, 15) is 19.5 Å². The van der Waals surface area contributed by atoms with E-state index < -0.39 is 11.8 Å². The summed E-state index contributed by atoms with van der Waals surface area (Å²) in [5.74, 6) is -0.574. The van der Waals surface area contributed by atoms with Gasteiger partial charge < -0.3 is 14.8 Å². The quantitative estimate of drug-likeness (QED) is 0.667. The van der Waals surface area contributed by atoms with Crippen molar-refractivity contribution in [2.24, 2.45) is 0 Å². The van der Waals surface area contributed by atoms with E-state index >= 15 is 0 Å². The van der Waals surface area contributed by atoms with Crippen molar-refractivity contribution >= 4 is 17.7 Å². The standard InChI is InChI=1S/C21H16N2O5/c24-15-6-3-13(4-7-15)11-22-19(25)14-5-8-17-18(10-14)21(27)23(20(17)26)12-16-2-1-9-28-16/h1-10,24H,11-12H2,(H,22,25). The molecule has 0 saturated carbocycles. The smallest absolute Gasteiger partial charge is 0.261 e. The Kier molecular flexibility index (Phi) is 4.41. The summed E-state index contributed by atoms with van der Waals surface area (Å²) < 4.78 is 5.21. The Hall–Kier alpha value is -3.87. The molecule has 7 nitrogen and oxygen atoms in total. The average molecular weight is 376 g/mol. The molecule has 2 N–H and O–H groups in total. The van der Waals surface area contributed by atoms with Gasteiger partial charge in [-0.15, -0.1) is 0 Å². The van der Waals surface area contributed by atoms with Crippen molar-refractivity contribution in [3.63, 3.8) is 0 Å². The number of nitrogens with zero attached hydrogens (tertiary/aromatic N) is 1. The van der Waals surface area contributed by atoms with Crippen LogP contribution in [0, 0.1) is 0 Å². The lowest BCUT2D eigenvalue weighted by molar-refractivity contribution is 0.0631. The topological polar surface area (TPSA) is 99.8 Å². The lowest BCUT2D eigenvalue weighted by atomic mass is 10.1. The Morgan fingerprint density at radius 1 is 1.00 bits per heavy atom. The first-order chi connectivity index (χ1) is 13.5. The fraction of sp³-hybridized carbons (Fsp3) is 0.0952. The highest BCUT2D eigenvalue weighted by molar-refractivity contribution is 6.22. The third-order valence-electron chi connectivity index (χ3n) is 4.52. The molecule has 0 spiro atoms. The van der Waals surface area contributed by atoms with Crippen molar-refractivity contribution in [1.29, 1.82) is 0 Å². The Balaban J connectivity index is 1.49. The molecule has 0 unspecified atom stereocenters. The second-order valence-electron chi connectivity index (χ2n) is 6.39. The number of imide groups is 1. The van der Waals surface area contributed by atoms with Gasteiger partial charge in [0.1, 0.15) is 11.5 Å². The number of fused-ring (bicyclic) bond motifs is 1. The van der Waals surface area contributed by atoms with Crippen LogP contribution in [0.15, 0.2) is 65.3 Å². The third kappa shape index (κ3) is 3.25. The molecule has 0 atom stereocenters. The second-order valence-corrected chi connectivity index (χ2v) is 6.39. The van der Waals surface area contributed by atoms with E-state index in [2.05, 4.69) is 5.32 Å². The molecule has 28 heavy (non-hydrogen) atoms. The third-order valence-corrected chi connectivity index (χ3v) is 4.52. The van der Waals surface area contributed by atoms with Crippen LogP contribution in [-0.4, -0.2) is 27.7 Å². The number of nitrogens with one attached hydrogen (secondary N) is 1. The Labute approximate surface area is 160 Å². The fourth-order valence-electron chi connectivity index (χ4n) is 3.03. The van der Waals surface area contributed by atoms with Crippen LogP contribution in [0.4, 0.5) is 0 Å². The van der Waals surface area contributed by atoms with Crippen molar-refractivity contribution in [3.8, 4) is 5.75 Å². The number of hydrogen-bond donors (Lipinski definition) is 2. The molecule has 3 amide bonds.